The highest BCUT2D eigenvalue weighted by Crippen LogP contribution is 2.45. The van der Waals surface area contributed by atoms with E-state index in [0.717, 1.165) is 23.4 Å². The molecule has 0 aromatic rings. The fourth-order valence-electron chi connectivity index (χ4n) is 1.93. The van der Waals surface area contributed by atoms with Gasteiger partial charge in [-0.1, -0.05) is 17.7 Å². The number of carbonyl (C=O) groups is 1. The molecule has 0 fully saturated rings. The highest BCUT2D eigenvalue weighted by Gasteiger charge is 2.40. The number of halogens is 1. The topological polar surface area (TPSA) is 17.1 Å². The third-order valence-electron chi connectivity index (χ3n) is 2.94. The second-order valence-corrected chi connectivity index (χ2v) is 4.20. The average Bonchev–Trinajstić information content (AvgIpc) is 2.31. The van der Waals surface area contributed by atoms with Crippen LogP contribution in [0.2, 0.25) is 0 Å². The zero-order chi connectivity index (χ0) is 8.77. The summed E-state index contributed by atoms with van der Waals surface area (Å²) in [6, 6.07) is 0. The summed E-state index contributed by atoms with van der Waals surface area (Å²) in [5, 5.41) is 0.883. The number of fused-ring (bicyclic) bond motifs is 1. The SMILES string of the molecule is CC12CCC(Cl)=CC1=CCC2=O. The lowest BCUT2D eigenvalue weighted by Gasteiger charge is -2.28. The first-order valence-electron chi connectivity index (χ1n) is 4.23. The van der Waals surface area contributed by atoms with Crippen LogP contribution in [0.3, 0.4) is 0 Å². The Morgan fingerprint density at radius 2 is 2.33 bits per heavy atom. The maximum atomic E-state index is 11.5. The molecule has 2 aliphatic carbocycles. The van der Waals surface area contributed by atoms with Crippen LogP contribution in [0, 0.1) is 5.41 Å². The molecule has 1 atom stereocenters. The maximum Gasteiger partial charge on any atom is 0.146 e. The molecule has 64 valence electrons. The van der Waals surface area contributed by atoms with Gasteiger partial charge in [-0.15, -0.1) is 0 Å². The normalized spacial score (nSPS) is 34.3. The van der Waals surface area contributed by atoms with Gasteiger partial charge in [0.2, 0.25) is 0 Å². The van der Waals surface area contributed by atoms with Crippen LogP contribution in [-0.2, 0) is 4.79 Å². The summed E-state index contributed by atoms with van der Waals surface area (Å²) in [5.74, 6) is 0.345. The molecule has 2 aliphatic rings. The van der Waals surface area contributed by atoms with Crippen molar-refractivity contribution in [2.75, 3.05) is 0 Å². The van der Waals surface area contributed by atoms with Crippen molar-refractivity contribution >= 4 is 17.4 Å². The van der Waals surface area contributed by atoms with E-state index < -0.39 is 0 Å². The van der Waals surface area contributed by atoms with Crippen molar-refractivity contribution < 1.29 is 4.79 Å². The van der Waals surface area contributed by atoms with Gasteiger partial charge < -0.3 is 0 Å². The van der Waals surface area contributed by atoms with Crippen LogP contribution in [0.5, 0.6) is 0 Å². The molecule has 0 radical (unpaired) electrons. The van der Waals surface area contributed by atoms with Gasteiger partial charge in [-0.25, -0.2) is 0 Å². The predicted octanol–water partition coefficient (Wildman–Crippen LogP) is 2.81. The first-order chi connectivity index (χ1) is 5.63. The first-order valence-corrected chi connectivity index (χ1v) is 4.61. The van der Waals surface area contributed by atoms with Crippen molar-refractivity contribution in [1.82, 2.24) is 0 Å². The van der Waals surface area contributed by atoms with E-state index in [-0.39, 0.29) is 5.41 Å². The van der Waals surface area contributed by atoms with E-state index in [2.05, 4.69) is 0 Å². The van der Waals surface area contributed by atoms with Gasteiger partial charge >= 0.3 is 0 Å². The van der Waals surface area contributed by atoms with E-state index in [4.69, 9.17) is 11.6 Å². The van der Waals surface area contributed by atoms with E-state index in [0.29, 0.717) is 12.2 Å². The van der Waals surface area contributed by atoms with Crippen LogP contribution in [0.15, 0.2) is 22.8 Å². The molecule has 0 spiro atoms. The third-order valence-corrected chi connectivity index (χ3v) is 3.23. The molecule has 0 aromatic carbocycles. The van der Waals surface area contributed by atoms with Crippen molar-refractivity contribution in [3.8, 4) is 0 Å². The number of carbonyl (C=O) groups excluding carboxylic acids is 1. The Morgan fingerprint density at radius 1 is 1.58 bits per heavy atom. The number of ketones is 1. The lowest BCUT2D eigenvalue weighted by molar-refractivity contribution is -0.124. The minimum Gasteiger partial charge on any atom is -0.298 e. The number of hydrogen-bond acceptors (Lipinski definition) is 1. The maximum absolute atomic E-state index is 11.5. The summed E-state index contributed by atoms with van der Waals surface area (Å²) in [6.07, 6.45) is 6.28. The van der Waals surface area contributed by atoms with Gasteiger partial charge in [-0.3, -0.25) is 4.79 Å². The number of Topliss-reactive ketones (excluding diaryl/α,β-unsaturated/α-hetero) is 1. The lowest BCUT2D eigenvalue weighted by Crippen LogP contribution is -2.26. The van der Waals surface area contributed by atoms with Crippen LogP contribution in [-0.4, -0.2) is 5.78 Å². The number of hydrogen-bond donors (Lipinski definition) is 0. The quantitative estimate of drug-likeness (QED) is 0.563. The predicted molar refractivity (Wildman–Crippen MR) is 49.0 cm³/mol. The van der Waals surface area contributed by atoms with Gasteiger partial charge in [0, 0.05) is 11.5 Å². The van der Waals surface area contributed by atoms with Crippen molar-refractivity contribution in [3.05, 3.63) is 22.8 Å². The Labute approximate surface area is 77.1 Å². The van der Waals surface area contributed by atoms with Gasteiger partial charge in [-0.2, -0.15) is 0 Å². The Bertz CT molecular complexity index is 301. The van der Waals surface area contributed by atoms with Crippen molar-refractivity contribution in [3.63, 3.8) is 0 Å². The van der Waals surface area contributed by atoms with E-state index in [9.17, 15) is 4.79 Å². The Balaban J connectivity index is 2.43. The molecule has 1 unspecified atom stereocenters. The fraction of sp³-hybridized carbons (Fsp3) is 0.500. The first kappa shape index (κ1) is 8.06. The molecule has 0 N–H and O–H groups in total. The molecule has 0 aromatic heterocycles. The van der Waals surface area contributed by atoms with E-state index in [1.807, 2.05) is 19.1 Å². The van der Waals surface area contributed by atoms with E-state index >= 15 is 0 Å². The summed E-state index contributed by atoms with van der Waals surface area (Å²) < 4.78 is 0. The van der Waals surface area contributed by atoms with Crippen molar-refractivity contribution in [2.45, 2.75) is 26.2 Å². The third kappa shape index (κ3) is 0.962. The molecule has 0 saturated carbocycles. The highest BCUT2D eigenvalue weighted by molar-refractivity contribution is 6.30. The zero-order valence-electron chi connectivity index (χ0n) is 7.06. The summed E-state index contributed by atoms with van der Waals surface area (Å²) in [6.45, 7) is 2.02. The van der Waals surface area contributed by atoms with E-state index in [1.54, 1.807) is 0 Å². The zero-order valence-corrected chi connectivity index (χ0v) is 7.82. The van der Waals surface area contributed by atoms with Crippen LogP contribution < -0.4 is 0 Å². The minimum atomic E-state index is -0.210. The molecule has 2 heteroatoms. The summed E-state index contributed by atoms with van der Waals surface area (Å²) in [5.41, 5.74) is 0.919. The summed E-state index contributed by atoms with van der Waals surface area (Å²) >= 11 is 5.90. The molecule has 0 aliphatic heterocycles. The average molecular weight is 183 g/mol. The van der Waals surface area contributed by atoms with Crippen molar-refractivity contribution in [1.29, 1.82) is 0 Å². The van der Waals surface area contributed by atoms with Crippen LogP contribution >= 0.6 is 11.6 Å². The molecule has 12 heavy (non-hydrogen) atoms. The molecule has 0 saturated heterocycles. The molecular formula is C10H11ClO. The van der Waals surface area contributed by atoms with Crippen LogP contribution in [0.25, 0.3) is 0 Å². The summed E-state index contributed by atoms with van der Waals surface area (Å²) in [4.78, 5) is 11.5. The monoisotopic (exact) mass is 182 g/mol. The van der Waals surface area contributed by atoms with Crippen molar-refractivity contribution in [2.24, 2.45) is 5.41 Å². The minimum absolute atomic E-state index is 0.210. The molecule has 0 amide bonds. The van der Waals surface area contributed by atoms with Crippen LogP contribution in [0.4, 0.5) is 0 Å². The van der Waals surface area contributed by atoms with Gasteiger partial charge in [0.25, 0.3) is 0 Å². The molecule has 0 heterocycles. The second kappa shape index (κ2) is 2.46. The van der Waals surface area contributed by atoms with Gasteiger partial charge in [-0.05, 0) is 31.4 Å². The molecular weight excluding hydrogens is 172 g/mol. The lowest BCUT2D eigenvalue weighted by atomic mass is 9.75. The van der Waals surface area contributed by atoms with E-state index in [1.165, 1.54) is 0 Å². The second-order valence-electron chi connectivity index (χ2n) is 3.71. The molecule has 0 bridgehead atoms. The highest BCUT2D eigenvalue weighted by atomic mass is 35.5. The standard InChI is InChI=1S/C10H11ClO/c1-10-5-4-8(11)6-7(10)2-3-9(10)12/h2,6H,3-5H2,1H3. The smallest absolute Gasteiger partial charge is 0.146 e. The van der Waals surface area contributed by atoms with Gasteiger partial charge in [0.15, 0.2) is 0 Å². The Kier molecular flexibility index (Phi) is 1.65. The molecule has 1 nitrogen and oxygen atoms in total. The Morgan fingerprint density at radius 3 is 3.08 bits per heavy atom. The molecule has 2 rings (SSSR count). The Hall–Kier alpha value is -0.560. The number of rotatable bonds is 0. The summed E-state index contributed by atoms with van der Waals surface area (Å²) in [7, 11) is 0. The number of allylic oxidation sites excluding steroid dienone is 4. The van der Waals surface area contributed by atoms with Gasteiger partial charge in [0.05, 0.1) is 5.41 Å². The van der Waals surface area contributed by atoms with Crippen LogP contribution in [0.1, 0.15) is 26.2 Å². The van der Waals surface area contributed by atoms with Gasteiger partial charge in [0.1, 0.15) is 5.78 Å². The fourth-order valence-corrected chi connectivity index (χ4v) is 2.14. The largest absolute Gasteiger partial charge is 0.298 e.